The fourth-order valence-electron chi connectivity index (χ4n) is 2.62. The molecule has 1 saturated heterocycles. The SMILES string of the molecule is Oc1cc(-n2ccnc2)ccc1-c1ncc(SC2CCNC2)nn1. The van der Waals surface area contributed by atoms with Crippen molar-refractivity contribution in [3.63, 3.8) is 0 Å². The molecule has 1 aliphatic rings. The van der Waals surface area contributed by atoms with Crippen LogP contribution < -0.4 is 5.32 Å². The van der Waals surface area contributed by atoms with Crippen molar-refractivity contribution in [2.75, 3.05) is 13.1 Å². The van der Waals surface area contributed by atoms with Gasteiger partial charge < -0.3 is 15.0 Å². The summed E-state index contributed by atoms with van der Waals surface area (Å²) in [5, 5.41) is 23.3. The molecule has 3 aromatic rings. The number of imidazole rings is 1. The number of thioether (sulfide) groups is 1. The largest absolute Gasteiger partial charge is 0.507 e. The van der Waals surface area contributed by atoms with E-state index in [0.29, 0.717) is 16.6 Å². The van der Waals surface area contributed by atoms with Gasteiger partial charge in [-0.2, -0.15) is 0 Å². The molecule has 8 heteroatoms. The van der Waals surface area contributed by atoms with Crippen LogP contribution in [-0.4, -0.2) is 48.2 Å². The standard InChI is InChI=1S/C16H16N6OS/c23-14-7-11(22-6-5-18-10-22)1-2-13(14)16-19-9-15(20-21-16)24-12-3-4-17-8-12/h1-2,5-7,9-10,12,17,23H,3-4,8H2. The van der Waals surface area contributed by atoms with Gasteiger partial charge in [0.1, 0.15) is 10.8 Å². The van der Waals surface area contributed by atoms with E-state index in [2.05, 4.69) is 25.5 Å². The van der Waals surface area contributed by atoms with E-state index in [1.807, 2.05) is 16.8 Å². The molecule has 0 radical (unpaired) electrons. The van der Waals surface area contributed by atoms with Gasteiger partial charge in [-0.05, 0) is 25.1 Å². The van der Waals surface area contributed by atoms with Crippen LogP contribution in [0.5, 0.6) is 5.75 Å². The molecule has 122 valence electrons. The number of phenolic OH excluding ortho intramolecular Hbond substituents is 1. The lowest BCUT2D eigenvalue weighted by atomic mass is 10.1. The maximum absolute atomic E-state index is 10.3. The average molecular weight is 340 g/mol. The zero-order valence-corrected chi connectivity index (χ0v) is 13.6. The van der Waals surface area contributed by atoms with Gasteiger partial charge in [-0.1, -0.05) is 11.8 Å². The third-order valence-corrected chi connectivity index (χ3v) is 5.03. The van der Waals surface area contributed by atoms with E-state index in [9.17, 15) is 5.11 Å². The first-order valence-corrected chi connectivity index (χ1v) is 8.56. The van der Waals surface area contributed by atoms with E-state index in [1.54, 1.807) is 42.6 Å². The van der Waals surface area contributed by atoms with Gasteiger partial charge in [0.2, 0.25) is 0 Å². The first kappa shape index (κ1) is 15.1. The van der Waals surface area contributed by atoms with Crippen LogP contribution in [0.3, 0.4) is 0 Å². The third-order valence-electron chi connectivity index (χ3n) is 3.87. The van der Waals surface area contributed by atoms with Crippen LogP contribution in [0, 0.1) is 0 Å². The van der Waals surface area contributed by atoms with Crippen molar-refractivity contribution in [2.45, 2.75) is 16.7 Å². The lowest BCUT2D eigenvalue weighted by molar-refractivity contribution is 0.476. The summed E-state index contributed by atoms with van der Waals surface area (Å²) in [5.41, 5.74) is 1.38. The van der Waals surface area contributed by atoms with E-state index in [1.165, 1.54) is 0 Å². The predicted octanol–water partition coefficient (Wildman–Crippen LogP) is 1.88. The smallest absolute Gasteiger partial charge is 0.185 e. The maximum atomic E-state index is 10.3. The average Bonchev–Trinajstić information content (AvgIpc) is 3.29. The minimum absolute atomic E-state index is 0.114. The van der Waals surface area contributed by atoms with Gasteiger partial charge in [-0.25, -0.2) is 9.97 Å². The summed E-state index contributed by atoms with van der Waals surface area (Å²) >= 11 is 1.69. The second-order valence-electron chi connectivity index (χ2n) is 5.52. The van der Waals surface area contributed by atoms with Crippen LogP contribution >= 0.6 is 11.8 Å². The highest BCUT2D eigenvalue weighted by atomic mass is 32.2. The Hall–Kier alpha value is -2.45. The molecule has 0 bridgehead atoms. The van der Waals surface area contributed by atoms with Crippen LogP contribution in [-0.2, 0) is 0 Å². The molecule has 0 spiro atoms. The van der Waals surface area contributed by atoms with Crippen LogP contribution in [0.15, 0.2) is 48.1 Å². The van der Waals surface area contributed by atoms with Crippen molar-refractivity contribution < 1.29 is 5.11 Å². The van der Waals surface area contributed by atoms with Crippen LogP contribution in [0.25, 0.3) is 17.1 Å². The van der Waals surface area contributed by atoms with Crippen molar-refractivity contribution in [2.24, 2.45) is 0 Å². The highest BCUT2D eigenvalue weighted by Gasteiger charge is 2.17. The Kier molecular flexibility index (Phi) is 4.14. The first-order chi connectivity index (χ1) is 11.8. The molecule has 7 nitrogen and oxygen atoms in total. The number of rotatable bonds is 4. The molecule has 1 aliphatic heterocycles. The van der Waals surface area contributed by atoms with E-state index in [0.717, 1.165) is 30.2 Å². The Balaban J connectivity index is 1.54. The Bertz CT molecular complexity index is 815. The minimum atomic E-state index is 0.114. The van der Waals surface area contributed by atoms with Crippen molar-refractivity contribution in [1.29, 1.82) is 0 Å². The number of benzene rings is 1. The van der Waals surface area contributed by atoms with E-state index in [4.69, 9.17) is 0 Å². The number of phenols is 1. The summed E-state index contributed by atoms with van der Waals surface area (Å²) in [4.78, 5) is 8.35. The van der Waals surface area contributed by atoms with Gasteiger partial charge in [0.15, 0.2) is 5.82 Å². The molecule has 2 aromatic heterocycles. The van der Waals surface area contributed by atoms with Gasteiger partial charge in [0, 0.05) is 30.3 Å². The van der Waals surface area contributed by atoms with Gasteiger partial charge >= 0.3 is 0 Å². The van der Waals surface area contributed by atoms with E-state index in [-0.39, 0.29) is 5.75 Å². The summed E-state index contributed by atoms with van der Waals surface area (Å²) in [5.74, 6) is 0.530. The van der Waals surface area contributed by atoms with Crippen molar-refractivity contribution in [1.82, 2.24) is 30.0 Å². The summed E-state index contributed by atoms with van der Waals surface area (Å²) in [6, 6.07) is 5.33. The molecule has 0 amide bonds. The van der Waals surface area contributed by atoms with Crippen LogP contribution in [0.2, 0.25) is 0 Å². The Morgan fingerprint density at radius 3 is 2.92 bits per heavy atom. The summed E-state index contributed by atoms with van der Waals surface area (Å²) in [6.45, 7) is 2.04. The van der Waals surface area contributed by atoms with Crippen molar-refractivity contribution in [3.05, 3.63) is 43.1 Å². The van der Waals surface area contributed by atoms with Gasteiger partial charge in [0.05, 0.1) is 23.8 Å². The topological polar surface area (TPSA) is 88.8 Å². The third kappa shape index (κ3) is 3.10. The van der Waals surface area contributed by atoms with Gasteiger partial charge in [0.25, 0.3) is 0 Å². The van der Waals surface area contributed by atoms with Crippen LogP contribution in [0.4, 0.5) is 0 Å². The van der Waals surface area contributed by atoms with Gasteiger partial charge in [-0.15, -0.1) is 10.2 Å². The zero-order valence-electron chi connectivity index (χ0n) is 12.8. The maximum Gasteiger partial charge on any atom is 0.185 e. The molecule has 1 atom stereocenters. The highest BCUT2D eigenvalue weighted by Crippen LogP contribution is 2.29. The minimum Gasteiger partial charge on any atom is -0.507 e. The molecule has 24 heavy (non-hydrogen) atoms. The Labute approximate surface area is 143 Å². The fraction of sp³-hybridized carbons (Fsp3) is 0.250. The summed E-state index contributed by atoms with van der Waals surface area (Å²) in [7, 11) is 0. The number of hydrogen-bond donors (Lipinski definition) is 2. The molecular formula is C16H16N6OS. The zero-order chi connectivity index (χ0) is 16.4. The second-order valence-corrected chi connectivity index (χ2v) is 6.84. The number of nitrogens with zero attached hydrogens (tertiary/aromatic N) is 5. The molecule has 1 unspecified atom stereocenters. The summed E-state index contributed by atoms with van der Waals surface area (Å²) in [6.07, 6.45) is 8.03. The Morgan fingerprint density at radius 2 is 2.25 bits per heavy atom. The Morgan fingerprint density at radius 1 is 1.29 bits per heavy atom. The molecule has 0 saturated carbocycles. The molecule has 3 heterocycles. The van der Waals surface area contributed by atoms with E-state index < -0.39 is 0 Å². The number of nitrogens with one attached hydrogen (secondary N) is 1. The summed E-state index contributed by atoms with van der Waals surface area (Å²) < 4.78 is 1.82. The fourth-order valence-corrected chi connectivity index (χ4v) is 3.60. The molecule has 1 fully saturated rings. The second kappa shape index (κ2) is 6.58. The van der Waals surface area contributed by atoms with E-state index >= 15 is 0 Å². The highest BCUT2D eigenvalue weighted by molar-refractivity contribution is 7.99. The molecule has 1 aromatic carbocycles. The van der Waals surface area contributed by atoms with Crippen LogP contribution in [0.1, 0.15) is 6.42 Å². The molecule has 2 N–H and O–H groups in total. The number of aromatic nitrogens is 5. The van der Waals surface area contributed by atoms with Crippen molar-refractivity contribution in [3.8, 4) is 22.8 Å². The lowest BCUT2D eigenvalue weighted by Gasteiger charge is -2.08. The monoisotopic (exact) mass is 340 g/mol. The predicted molar refractivity (Wildman–Crippen MR) is 91.2 cm³/mol. The molecule has 4 rings (SSSR count). The normalized spacial score (nSPS) is 17.2. The number of aromatic hydroxyl groups is 1. The lowest BCUT2D eigenvalue weighted by Crippen LogP contribution is -2.10. The number of hydrogen-bond acceptors (Lipinski definition) is 7. The first-order valence-electron chi connectivity index (χ1n) is 7.68. The van der Waals surface area contributed by atoms with Crippen molar-refractivity contribution >= 4 is 11.8 Å². The quantitative estimate of drug-likeness (QED) is 0.749. The molecule has 0 aliphatic carbocycles. The van der Waals surface area contributed by atoms with Gasteiger partial charge in [-0.3, -0.25) is 0 Å². The molecular weight excluding hydrogens is 324 g/mol.